The third-order valence-electron chi connectivity index (χ3n) is 3.77. The Labute approximate surface area is 107 Å². The van der Waals surface area contributed by atoms with Crippen LogP contribution in [0.1, 0.15) is 29.5 Å². The number of rotatable bonds is 2. The summed E-state index contributed by atoms with van der Waals surface area (Å²) < 4.78 is 0. The van der Waals surface area contributed by atoms with Gasteiger partial charge in [-0.15, -0.1) is 0 Å². The van der Waals surface area contributed by atoms with Gasteiger partial charge in [-0.1, -0.05) is 0 Å². The van der Waals surface area contributed by atoms with E-state index in [1.54, 1.807) is 6.08 Å². The lowest BCUT2D eigenvalue weighted by molar-refractivity contribution is -0.131. The number of hydrogen-bond donors (Lipinski definition) is 1. The standard InChI is InChI=1S/C15H17NO2/c17-14(18)6-5-11-9-12-3-1-7-16-8-2-4-13(10-11)15(12)16/h5-6,9-10H,1-4,7-8H2,(H,17,18)/b6-5+. The normalized spacial score (nSPS) is 17.9. The Bertz CT molecular complexity index is 488. The second kappa shape index (κ2) is 4.48. The fraction of sp³-hybridized carbons (Fsp3) is 0.400. The zero-order chi connectivity index (χ0) is 12.5. The van der Waals surface area contributed by atoms with E-state index in [4.69, 9.17) is 5.11 Å². The largest absolute Gasteiger partial charge is 0.478 e. The predicted octanol–water partition coefficient (Wildman–Crippen LogP) is 2.48. The van der Waals surface area contributed by atoms with Crippen LogP contribution in [0.25, 0.3) is 6.08 Å². The van der Waals surface area contributed by atoms with E-state index in [2.05, 4.69) is 17.0 Å². The molecule has 1 aromatic carbocycles. The molecule has 0 aromatic heterocycles. The highest BCUT2D eigenvalue weighted by Gasteiger charge is 2.23. The van der Waals surface area contributed by atoms with Crippen LogP contribution in [0.5, 0.6) is 0 Å². The molecule has 0 amide bonds. The summed E-state index contributed by atoms with van der Waals surface area (Å²) in [4.78, 5) is 13.1. The van der Waals surface area contributed by atoms with Gasteiger partial charge >= 0.3 is 5.97 Å². The fourth-order valence-corrected chi connectivity index (χ4v) is 3.09. The summed E-state index contributed by atoms with van der Waals surface area (Å²) in [6, 6.07) is 4.30. The minimum atomic E-state index is -0.886. The maximum atomic E-state index is 10.6. The van der Waals surface area contributed by atoms with Crippen molar-refractivity contribution in [2.75, 3.05) is 18.0 Å². The highest BCUT2D eigenvalue weighted by atomic mass is 16.4. The average molecular weight is 243 g/mol. The van der Waals surface area contributed by atoms with Crippen molar-refractivity contribution in [3.8, 4) is 0 Å². The highest BCUT2D eigenvalue weighted by molar-refractivity contribution is 5.85. The van der Waals surface area contributed by atoms with Crippen molar-refractivity contribution in [2.45, 2.75) is 25.7 Å². The molecule has 2 aliphatic rings. The van der Waals surface area contributed by atoms with Gasteiger partial charge in [-0.3, -0.25) is 0 Å². The highest BCUT2D eigenvalue weighted by Crippen LogP contribution is 2.36. The Hall–Kier alpha value is -1.77. The number of carboxylic acids is 1. The van der Waals surface area contributed by atoms with Crippen molar-refractivity contribution in [3.63, 3.8) is 0 Å². The third-order valence-corrected chi connectivity index (χ3v) is 3.77. The van der Waals surface area contributed by atoms with E-state index in [0.29, 0.717) is 0 Å². The topological polar surface area (TPSA) is 40.5 Å². The number of benzene rings is 1. The average Bonchev–Trinajstić information content (AvgIpc) is 2.37. The summed E-state index contributed by atoms with van der Waals surface area (Å²) in [5.41, 5.74) is 5.24. The minimum Gasteiger partial charge on any atom is -0.478 e. The molecule has 3 heteroatoms. The smallest absolute Gasteiger partial charge is 0.328 e. The molecule has 0 bridgehead atoms. The molecule has 0 saturated heterocycles. The number of carboxylic acid groups (broad SMARTS) is 1. The molecule has 0 aliphatic carbocycles. The number of aryl methyl sites for hydroxylation is 2. The zero-order valence-electron chi connectivity index (χ0n) is 10.4. The first kappa shape index (κ1) is 11.3. The second-order valence-electron chi connectivity index (χ2n) is 5.05. The van der Waals surface area contributed by atoms with Gasteiger partial charge in [-0.05, 0) is 60.6 Å². The van der Waals surface area contributed by atoms with Crippen molar-refractivity contribution in [1.29, 1.82) is 0 Å². The Balaban J connectivity index is 2.03. The quantitative estimate of drug-likeness (QED) is 0.811. The van der Waals surface area contributed by atoms with Gasteiger partial charge in [-0.25, -0.2) is 4.79 Å². The van der Waals surface area contributed by atoms with Crippen LogP contribution in [0.3, 0.4) is 0 Å². The van der Waals surface area contributed by atoms with Crippen LogP contribution in [0.2, 0.25) is 0 Å². The van der Waals surface area contributed by atoms with Gasteiger partial charge < -0.3 is 10.0 Å². The van der Waals surface area contributed by atoms with Gasteiger partial charge in [0.1, 0.15) is 0 Å². The van der Waals surface area contributed by atoms with E-state index in [9.17, 15) is 4.79 Å². The van der Waals surface area contributed by atoms with Gasteiger partial charge in [0.05, 0.1) is 0 Å². The molecule has 1 aromatic rings. The number of aliphatic carboxylic acids is 1. The van der Waals surface area contributed by atoms with Gasteiger partial charge in [-0.2, -0.15) is 0 Å². The summed E-state index contributed by atoms with van der Waals surface area (Å²) in [6.07, 6.45) is 7.57. The van der Waals surface area contributed by atoms with E-state index >= 15 is 0 Å². The van der Waals surface area contributed by atoms with Crippen molar-refractivity contribution in [3.05, 3.63) is 34.9 Å². The number of nitrogens with zero attached hydrogens (tertiary/aromatic N) is 1. The van der Waals surface area contributed by atoms with Gasteiger partial charge in [0.15, 0.2) is 0 Å². The second-order valence-corrected chi connectivity index (χ2v) is 5.05. The molecule has 2 aliphatic heterocycles. The van der Waals surface area contributed by atoms with E-state index in [1.165, 1.54) is 48.8 Å². The first-order chi connectivity index (χ1) is 8.74. The van der Waals surface area contributed by atoms with Crippen molar-refractivity contribution >= 4 is 17.7 Å². The first-order valence-corrected chi connectivity index (χ1v) is 6.56. The minimum absolute atomic E-state index is 0.886. The maximum absolute atomic E-state index is 10.6. The number of anilines is 1. The van der Waals surface area contributed by atoms with Crippen molar-refractivity contribution in [2.24, 2.45) is 0 Å². The summed E-state index contributed by atoms with van der Waals surface area (Å²) in [5.74, 6) is -0.886. The molecule has 0 radical (unpaired) electrons. The molecular weight excluding hydrogens is 226 g/mol. The molecule has 3 rings (SSSR count). The molecule has 0 fully saturated rings. The monoisotopic (exact) mass is 243 g/mol. The third kappa shape index (κ3) is 2.01. The van der Waals surface area contributed by atoms with Gasteiger partial charge in [0.25, 0.3) is 0 Å². The summed E-state index contributed by atoms with van der Waals surface area (Å²) in [5, 5.41) is 8.70. The molecule has 0 saturated carbocycles. The zero-order valence-corrected chi connectivity index (χ0v) is 10.4. The molecule has 3 nitrogen and oxygen atoms in total. The maximum Gasteiger partial charge on any atom is 0.328 e. The summed E-state index contributed by atoms with van der Waals surface area (Å²) >= 11 is 0. The predicted molar refractivity (Wildman–Crippen MR) is 72.0 cm³/mol. The SMILES string of the molecule is O=C(O)/C=C/c1cc2c3c(c1)CCCN3CCC2. The van der Waals surface area contributed by atoms with E-state index < -0.39 is 5.97 Å². The van der Waals surface area contributed by atoms with Crippen molar-refractivity contribution in [1.82, 2.24) is 0 Å². The van der Waals surface area contributed by atoms with Crippen LogP contribution in [-0.2, 0) is 17.6 Å². The lowest BCUT2D eigenvalue weighted by Gasteiger charge is -2.37. The van der Waals surface area contributed by atoms with Crippen LogP contribution in [0.15, 0.2) is 18.2 Å². The Morgan fingerprint density at radius 2 is 1.78 bits per heavy atom. The Kier molecular flexibility index (Phi) is 2.82. The lowest BCUT2D eigenvalue weighted by atomic mass is 9.90. The summed E-state index contributed by atoms with van der Waals surface area (Å²) in [6.45, 7) is 2.34. The van der Waals surface area contributed by atoms with Crippen LogP contribution >= 0.6 is 0 Å². The van der Waals surface area contributed by atoms with Crippen LogP contribution in [-0.4, -0.2) is 24.2 Å². The first-order valence-electron chi connectivity index (χ1n) is 6.56. The molecule has 0 spiro atoms. The van der Waals surface area contributed by atoms with Crippen molar-refractivity contribution < 1.29 is 9.90 Å². The van der Waals surface area contributed by atoms with E-state index in [1.807, 2.05) is 0 Å². The van der Waals surface area contributed by atoms with Gasteiger partial charge in [0, 0.05) is 24.9 Å². The van der Waals surface area contributed by atoms with E-state index in [-0.39, 0.29) is 0 Å². The number of carbonyl (C=O) groups is 1. The molecule has 2 heterocycles. The van der Waals surface area contributed by atoms with Crippen LogP contribution < -0.4 is 4.90 Å². The number of hydrogen-bond acceptors (Lipinski definition) is 2. The van der Waals surface area contributed by atoms with Gasteiger partial charge in [0.2, 0.25) is 0 Å². The Morgan fingerprint density at radius 1 is 1.17 bits per heavy atom. The Morgan fingerprint density at radius 3 is 2.33 bits per heavy atom. The van der Waals surface area contributed by atoms with Crippen LogP contribution in [0, 0.1) is 0 Å². The van der Waals surface area contributed by atoms with E-state index in [0.717, 1.165) is 18.4 Å². The van der Waals surface area contributed by atoms with Crippen LogP contribution in [0.4, 0.5) is 5.69 Å². The molecule has 1 N–H and O–H groups in total. The lowest BCUT2D eigenvalue weighted by Crippen LogP contribution is -2.34. The molecule has 18 heavy (non-hydrogen) atoms. The fourth-order valence-electron chi connectivity index (χ4n) is 3.09. The molecule has 0 atom stereocenters. The summed E-state index contributed by atoms with van der Waals surface area (Å²) in [7, 11) is 0. The molecule has 0 unspecified atom stereocenters. The molecular formula is C15H17NO2. The molecule has 94 valence electrons.